The Hall–Kier alpha value is -4.15. The number of sulfone groups is 1. The van der Waals surface area contributed by atoms with Gasteiger partial charge in [0, 0.05) is 23.1 Å². The number of amides is 2. The lowest BCUT2D eigenvalue weighted by atomic mass is 9.88. The summed E-state index contributed by atoms with van der Waals surface area (Å²) in [5, 5.41) is 7.51. The summed E-state index contributed by atoms with van der Waals surface area (Å²) >= 11 is 6.22. The van der Waals surface area contributed by atoms with Crippen molar-refractivity contribution in [1.82, 2.24) is 9.78 Å². The van der Waals surface area contributed by atoms with Gasteiger partial charge in [-0.05, 0) is 66.9 Å². The molecule has 0 fully saturated rings. The van der Waals surface area contributed by atoms with Crippen LogP contribution in [0.4, 0.5) is 11.4 Å². The van der Waals surface area contributed by atoms with Gasteiger partial charge in [-0.1, -0.05) is 23.7 Å². The van der Waals surface area contributed by atoms with E-state index in [0.29, 0.717) is 41.2 Å². The van der Waals surface area contributed by atoms with Crippen LogP contribution < -0.4 is 16.8 Å². The molecule has 0 saturated carbocycles. The average Bonchev–Trinajstić information content (AvgIpc) is 3.26. The Morgan fingerprint density at radius 2 is 1.78 bits per heavy atom. The topological polar surface area (TPSA) is 150 Å². The zero-order valence-electron chi connectivity index (χ0n) is 19.7. The van der Waals surface area contributed by atoms with E-state index < -0.39 is 21.7 Å². The maximum atomic E-state index is 12.9. The number of primary amides is 1. The van der Waals surface area contributed by atoms with E-state index in [1.165, 1.54) is 12.1 Å². The highest BCUT2D eigenvalue weighted by Crippen LogP contribution is 2.38. The van der Waals surface area contributed by atoms with Crippen LogP contribution in [0, 0.1) is 0 Å². The number of carbonyl (C=O) groups is 2. The van der Waals surface area contributed by atoms with E-state index in [-0.39, 0.29) is 21.2 Å². The number of anilines is 2. The molecule has 4 aromatic rings. The molecule has 3 aromatic carbocycles. The Labute approximate surface area is 218 Å². The Morgan fingerprint density at radius 3 is 2.46 bits per heavy atom. The van der Waals surface area contributed by atoms with Crippen LogP contribution in [0.5, 0.6) is 0 Å². The number of aromatic nitrogens is 2. The van der Waals surface area contributed by atoms with Crippen LogP contribution in [0.1, 0.15) is 32.0 Å². The number of halogens is 1. The number of rotatable bonds is 5. The zero-order chi connectivity index (χ0) is 26.5. The minimum absolute atomic E-state index is 0.147. The third kappa shape index (κ3) is 4.45. The summed E-state index contributed by atoms with van der Waals surface area (Å²) in [6.45, 7) is 0. The normalized spacial score (nSPS) is 12.5. The van der Waals surface area contributed by atoms with Crippen molar-refractivity contribution in [2.45, 2.75) is 17.7 Å². The van der Waals surface area contributed by atoms with E-state index in [0.717, 1.165) is 17.4 Å². The average molecular weight is 536 g/mol. The first-order chi connectivity index (χ1) is 17.5. The summed E-state index contributed by atoms with van der Waals surface area (Å²) in [5.41, 5.74) is 16.3. The number of carbonyl (C=O) groups excluding carboxylic acids is 2. The number of nitrogens with zero attached hydrogens (tertiary/aromatic N) is 2. The Kier molecular flexibility index (Phi) is 6.01. The molecule has 0 atom stereocenters. The van der Waals surface area contributed by atoms with E-state index in [9.17, 15) is 18.0 Å². The van der Waals surface area contributed by atoms with Crippen molar-refractivity contribution in [2.75, 3.05) is 17.3 Å². The second kappa shape index (κ2) is 9.06. The molecule has 0 aliphatic heterocycles. The van der Waals surface area contributed by atoms with Gasteiger partial charge in [0.25, 0.3) is 11.8 Å². The molecule has 0 unspecified atom stereocenters. The van der Waals surface area contributed by atoms with Crippen molar-refractivity contribution < 1.29 is 18.0 Å². The molecule has 0 bridgehead atoms. The number of nitrogen functional groups attached to an aromatic ring is 1. The summed E-state index contributed by atoms with van der Waals surface area (Å²) in [4.78, 5) is 25.3. The molecule has 0 radical (unpaired) electrons. The lowest BCUT2D eigenvalue weighted by Crippen LogP contribution is -2.16. The first kappa shape index (κ1) is 24.5. The molecule has 37 heavy (non-hydrogen) atoms. The van der Waals surface area contributed by atoms with Gasteiger partial charge in [-0.25, -0.2) is 13.1 Å². The van der Waals surface area contributed by atoms with Gasteiger partial charge in [-0.3, -0.25) is 9.59 Å². The van der Waals surface area contributed by atoms with Crippen LogP contribution >= 0.6 is 11.6 Å². The van der Waals surface area contributed by atoms with Crippen molar-refractivity contribution in [1.29, 1.82) is 0 Å². The molecular weight excluding hydrogens is 514 g/mol. The zero-order valence-corrected chi connectivity index (χ0v) is 21.2. The van der Waals surface area contributed by atoms with E-state index in [1.54, 1.807) is 47.1 Å². The minimum atomic E-state index is -3.38. The van der Waals surface area contributed by atoms with Crippen LogP contribution in [0.2, 0.25) is 5.02 Å². The van der Waals surface area contributed by atoms with Gasteiger partial charge in [0.05, 0.1) is 32.6 Å². The summed E-state index contributed by atoms with van der Waals surface area (Å²) in [6.07, 6.45) is 2.33. The Bertz CT molecular complexity index is 1690. The van der Waals surface area contributed by atoms with Crippen LogP contribution in [-0.4, -0.2) is 36.3 Å². The van der Waals surface area contributed by atoms with Gasteiger partial charge >= 0.3 is 0 Å². The summed E-state index contributed by atoms with van der Waals surface area (Å²) in [7, 11) is -3.38. The predicted molar refractivity (Wildman–Crippen MR) is 142 cm³/mol. The van der Waals surface area contributed by atoms with E-state index in [4.69, 9.17) is 23.1 Å². The van der Waals surface area contributed by atoms with Gasteiger partial charge in [0.15, 0.2) is 15.5 Å². The maximum absolute atomic E-state index is 12.9. The number of aryl methyl sites for hydroxylation is 1. The van der Waals surface area contributed by atoms with Crippen LogP contribution in [0.3, 0.4) is 0 Å². The standard InChI is InChI=1S/C26H22ClN5O4S/c1-37(35,36)17-10-8-16(9-11-17)32-24-19(23(31-32)25(29)33)12-6-14-5-7-15(13-20(14)24)30-26(34)18-3-2-4-21(28)22(18)27/h2-5,7-11,13H,6,12,28H2,1H3,(H2,29,33)(H,30,34). The largest absolute Gasteiger partial charge is 0.398 e. The number of nitrogens with two attached hydrogens (primary N) is 2. The third-order valence-electron chi connectivity index (χ3n) is 6.27. The summed E-state index contributed by atoms with van der Waals surface area (Å²) in [5.74, 6) is -1.08. The monoisotopic (exact) mass is 535 g/mol. The highest BCUT2D eigenvalue weighted by Gasteiger charge is 2.28. The van der Waals surface area contributed by atoms with Gasteiger partial charge in [-0.2, -0.15) is 5.10 Å². The van der Waals surface area contributed by atoms with Crippen LogP contribution in [0.15, 0.2) is 65.6 Å². The smallest absolute Gasteiger partial charge is 0.269 e. The lowest BCUT2D eigenvalue weighted by molar-refractivity contribution is 0.0992. The Balaban J connectivity index is 1.60. The molecule has 11 heteroatoms. The highest BCUT2D eigenvalue weighted by atomic mass is 35.5. The fourth-order valence-corrected chi connectivity index (χ4v) is 5.30. The molecule has 2 amide bonds. The molecule has 0 saturated heterocycles. The van der Waals surface area contributed by atoms with Gasteiger partial charge in [-0.15, -0.1) is 0 Å². The quantitative estimate of drug-likeness (QED) is 0.332. The summed E-state index contributed by atoms with van der Waals surface area (Å²) < 4.78 is 25.4. The third-order valence-corrected chi connectivity index (χ3v) is 7.82. The fourth-order valence-electron chi connectivity index (χ4n) is 4.46. The second-order valence-electron chi connectivity index (χ2n) is 8.75. The first-order valence-electron chi connectivity index (χ1n) is 11.3. The Morgan fingerprint density at radius 1 is 1.05 bits per heavy atom. The summed E-state index contributed by atoms with van der Waals surface area (Å²) in [6, 6.07) is 16.6. The van der Waals surface area contributed by atoms with Gasteiger partial charge < -0.3 is 16.8 Å². The van der Waals surface area contributed by atoms with E-state index in [1.807, 2.05) is 6.07 Å². The van der Waals surface area contributed by atoms with Crippen molar-refractivity contribution in [3.63, 3.8) is 0 Å². The highest BCUT2D eigenvalue weighted by molar-refractivity contribution is 7.90. The molecule has 9 nitrogen and oxygen atoms in total. The number of fused-ring (bicyclic) bond motifs is 3. The van der Waals surface area contributed by atoms with Crippen molar-refractivity contribution in [3.8, 4) is 16.9 Å². The van der Waals surface area contributed by atoms with E-state index >= 15 is 0 Å². The van der Waals surface area contributed by atoms with Crippen LogP contribution in [-0.2, 0) is 22.7 Å². The molecule has 1 heterocycles. The molecule has 5 N–H and O–H groups in total. The van der Waals surface area contributed by atoms with Gasteiger partial charge in [0.1, 0.15) is 0 Å². The number of hydrogen-bond donors (Lipinski definition) is 3. The van der Waals surface area contributed by atoms with E-state index in [2.05, 4.69) is 10.4 Å². The second-order valence-corrected chi connectivity index (χ2v) is 11.1. The maximum Gasteiger partial charge on any atom is 0.269 e. The molecule has 1 aliphatic rings. The van der Waals surface area contributed by atoms with Gasteiger partial charge in [0.2, 0.25) is 0 Å². The number of hydrogen-bond acceptors (Lipinski definition) is 6. The fraction of sp³-hybridized carbons (Fsp3) is 0.115. The van der Waals surface area contributed by atoms with Crippen molar-refractivity contribution >= 4 is 44.6 Å². The number of nitrogens with one attached hydrogen (secondary N) is 1. The van der Waals surface area contributed by atoms with Crippen LogP contribution in [0.25, 0.3) is 16.9 Å². The molecule has 188 valence electrons. The van der Waals surface area contributed by atoms with Crippen molar-refractivity contribution in [2.24, 2.45) is 5.73 Å². The molecule has 1 aromatic heterocycles. The molecule has 5 rings (SSSR count). The molecular formula is C26H22ClN5O4S. The SMILES string of the molecule is CS(=O)(=O)c1ccc(-n2nc(C(N)=O)c3c2-c2cc(NC(=O)c4cccc(N)c4Cl)ccc2CC3)cc1. The molecule has 0 spiro atoms. The lowest BCUT2D eigenvalue weighted by Gasteiger charge is -2.20. The molecule has 1 aliphatic carbocycles. The minimum Gasteiger partial charge on any atom is -0.398 e. The van der Waals surface area contributed by atoms with Crippen molar-refractivity contribution in [3.05, 3.63) is 88.1 Å². The first-order valence-corrected chi connectivity index (χ1v) is 13.5. The number of benzene rings is 3. The predicted octanol–water partition coefficient (Wildman–Crippen LogP) is 3.63.